The third-order valence-electron chi connectivity index (χ3n) is 4.74. The van der Waals surface area contributed by atoms with E-state index in [4.69, 9.17) is 0 Å². The Hall–Kier alpha value is -2.40. The van der Waals surface area contributed by atoms with E-state index in [1.54, 1.807) is 31.5 Å². The minimum Gasteiger partial charge on any atom is -0.351 e. The molecule has 2 N–H and O–H groups in total. The number of sulfonamides is 1. The zero-order chi connectivity index (χ0) is 21.2. The third kappa shape index (κ3) is 4.96. The lowest BCUT2D eigenvalue weighted by atomic mass is 10.1. The van der Waals surface area contributed by atoms with Gasteiger partial charge in [0.2, 0.25) is 15.9 Å². The first-order valence-electron chi connectivity index (χ1n) is 9.15. The molecule has 29 heavy (non-hydrogen) atoms. The van der Waals surface area contributed by atoms with Gasteiger partial charge in [0.25, 0.3) is 5.92 Å². The van der Waals surface area contributed by atoms with Gasteiger partial charge in [-0.1, -0.05) is 19.1 Å². The molecular formula is C18H23F2N5O3S. The highest BCUT2D eigenvalue weighted by molar-refractivity contribution is 7.89. The van der Waals surface area contributed by atoms with E-state index in [1.807, 2.05) is 6.92 Å². The fourth-order valence-electron chi connectivity index (χ4n) is 2.81. The second-order valence-corrected chi connectivity index (χ2v) is 9.23. The minimum atomic E-state index is -3.92. The molecule has 2 aliphatic heterocycles. The summed E-state index contributed by atoms with van der Waals surface area (Å²) < 4.78 is 51.2. The van der Waals surface area contributed by atoms with Crippen molar-refractivity contribution in [1.29, 1.82) is 0 Å². The van der Waals surface area contributed by atoms with Crippen molar-refractivity contribution in [3.05, 3.63) is 29.8 Å². The summed E-state index contributed by atoms with van der Waals surface area (Å²) in [7, 11) is -3.92. The maximum Gasteiger partial charge on any atom is 0.275 e. The Balaban J connectivity index is 1.51. The normalized spacial score (nSPS) is 24.8. The van der Waals surface area contributed by atoms with Crippen LogP contribution in [0.1, 0.15) is 19.4 Å². The van der Waals surface area contributed by atoms with E-state index in [-0.39, 0.29) is 29.4 Å². The van der Waals surface area contributed by atoms with Gasteiger partial charge in [-0.15, -0.1) is 0 Å². The Morgan fingerprint density at radius 2 is 2.07 bits per heavy atom. The van der Waals surface area contributed by atoms with Gasteiger partial charge in [0, 0.05) is 24.9 Å². The number of carbonyl (C=O) groups is 1. The molecule has 3 unspecified atom stereocenters. The summed E-state index contributed by atoms with van der Waals surface area (Å²) in [5, 5.41) is 6.68. The number of nitrogens with one attached hydrogen (secondary N) is 2. The van der Waals surface area contributed by atoms with E-state index in [1.165, 1.54) is 12.1 Å². The van der Waals surface area contributed by atoms with Crippen LogP contribution in [0, 0.1) is 11.8 Å². The summed E-state index contributed by atoms with van der Waals surface area (Å²) in [5.41, 5.74) is 3.53. The second-order valence-electron chi connectivity index (χ2n) is 7.29. The predicted molar refractivity (Wildman–Crippen MR) is 104 cm³/mol. The van der Waals surface area contributed by atoms with Crippen LogP contribution in [-0.2, 0) is 21.4 Å². The maximum atomic E-state index is 12.9. The monoisotopic (exact) mass is 427 g/mol. The number of amides is 1. The first-order chi connectivity index (χ1) is 13.6. The predicted octanol–water partition coefficient (Wildman–Crippen LogP) is 1.20. The zero-order valence-corrected chi connectivity index (χ0v) is 16.9. The third-order valence-corrected chi connectivity index (χ3v) is 6.55. The number of nitrogens with zero attached hydrogens (tertiary/aromatic N) is 3. The number of hydrazone groups is 1. The molecule has 1 amide bonds. The molecule has 2 heterocycles. The van der Waals surface area contributed by atoms with Crippen LogP contribution in [0.2, 0.25) is 0 Å². The number of hydrogen-bond donors (Lipinski definition) is 2. The van der Waals surface area contributed by atoms with Crippen molar-refractivity contribution in [3.63, 3.8) is 0 Å². The van der Waals surface area contributed by atoms with E-state index >= 15 is 0 Å². The lowest BCUT2D eigenvalue weighted by Crippen LogP contribution is -2.58. The van der Waals surface area contributed by atoms with E-state index in [9.17, 15) is 22.0 Å². The summed E-state index contributed by atoms with van der Waals surface area (Å²) in [5.74, 6) is -3.48. The Labute approximate surface area is 168 Å². The van der Waals surface area contributed by atoms with Crippen LogP contribution in [0.15, 0.2) is 39.3 Å². The molecule has 3 rings (SSSR count). The number of rotatable bonds is 7. The molecule has 0 bridgehead atoms. The molecule has 1 aromatic rings. The maximum absolute atomic E-state index is 12.9. The van der Waals surface area contributed by atoms with Crippen LogP contribution < -0.4 is 10.7 Å². The highest BCUT2D eigenvalue weighted by Crippen LogP contribution is 2.32. The number of alkyl halides is 2. The number of halogens is 2. The van der Waals surface area contributed by atoms with Crippen LogP contribution in [0.25, 0.3) is 0 Å². The highest BCUT2D eigenvalue weighted by atomic mass is 32.2. The van der Waals surface area contributed by atoms with Crippen LogP contribution in [0.3, 0.4) is 0 Å². The van der Waals surface area contributed by atoms with Crippen molar-refractivity contribution in [2.75, 3.05) is 13.1 Å². The Kier molecular flexibility index (Phi) is 5.99. The van der Waals surface area contributed by atoms with Crippen molar-refractivity contribution in [3.8, 4) is 0 Å². The summed E-state index contributed by atoms with van der Waals surface area (Å²) in [6.45, 7) is 2.30. The van der Waals surface area contributed by atoms with Crippen LogP contribution in [0.5, 0.6) is 0 Å². The fraction of sp³-hybridized carbons (Fsp3) is 0.500. The smallest absolute Gasteiger partial charge is 0.275 e. The van der Waals surface area contributed by atoms with E-state index in [0.29, 0.717) is 5.56 Å². The van der Waals surface area contributed by atoms with Crippen molar-refractivity contribution >= 4 is 28.4 Å². The average molecular weight is 427 g/mol. The Bertz CT molecular complexity index is 910. The standard InChI is InChI=1S/C18H23F2N5O3S/c1-12-8-23-24-16(12)21-7-13(2)17(26)22-9-14-3-5-15(6-4-14)29(27,28)25-10-18(19,20)11-25/h3-8,12-13,16,24H,9-11H2,1-2H3,(H,22,26)/b21-7-. The van der Waals surface area contributed by atoms with Crippen molar-refractivity contribution < 1.29 is 22.0 Å². The van der Waals surface area contributed by atoms with Gasteiger partial charge in [-0.3, -0.25) is 15.2 Å². The van der Waals surface area contributed by atoms with E-state index in [2.05, 4.69) is 20.8 Å². The lowest BCUT2D eigenvalue weighted by molar-refractivity contribution is -0.122. The van der Waals surface area contributed by atoms with Gasteiger partial charge in [0.15, 0.2) is 0 Å². The number of benzene rings is 1. The van der Waals surface area contributed by atoms with Gasteiger partial charge in [-0.2, -0.15) is 9.41 Å². The van der Waals surface area contributed by atoms with Crippen molar-refractivity contribution in [1.82, 2.24) is 15.0 Å². The first kappa shape index (κ1) is 21.3. The molecule has 8 nitrogen and oxygen atoms in total. The molecule has 158 valence electrons. The lowest BCUT2D eigenvalue weighted by Gasteiger charge is -2.37. The molecule has 11 heteroatoms. The number of aliphatic imine (C=N–C) groups is 1. The van der Waals surface area contributed by atoms with Gasteiger partial charge in [-0.25, -0.2) is 17.2 Å². The first-order valence-corrected chi connectivity index (χ1v) is 10.6. The zero-order valence-electron chi connectivity index (χ0n) is 16.0. The highest BCUT2D eigenvalue weighted by Gasteiger charge is 2.49. The van der Waals surface area contributed by atoms with E-state index in [0.717, 1.165) is 4.31 Å². The van der Waals surface area contributed by atoms with Gasteiger partial charge in [-0.05, 0) is 24.6 Å². The Morgan fingerprint density at radius 1 is 1.41 bits per heavy atom. The van der Waals surface area contributed by atoms with Gasteiger partial charge < -0.3 is 5.32 Å². The fourth-order valence-corrected chi connectivity index (χ4v) is 4.31. The molecule has 0 aromatic heterocycles. The van der Waals surface area contributed by atoms with Gasteiger partial charge in [0.05, 0.1) is 23.9 Å². The molecule has 1 aromatic carbocycles. The van der Waals surface area contributed by atoms with Crippen LogP contribution in [0.4, 0.5) is 8.78 Å². The Morgan fingerprint density at radius 3 is 2.62 bits per heavy atom. The average Bonchev–Trinajstić information content (AvgIpc) is 3.07. The molecule has 2 aliphatic rings. The molecule has 1 fully saturated rings. The van der Waals surface area contributed by atoms with E-state index < -0.39 is 35.0 Å². The summed E-state index contributed by atoms with van der Waals surface area (Å²) >= 11 is 0. The molecule has 3 atom stereocenters. The topological polar surface area (TPSA) is 103 Å². The van der Waals surface area contributed by atoms with Crippen molar-refractivity contribution in [2.24, 2.45) is 21.9 Å². The van der Waals surface area contributed by atoms with Gasteiger partial charge >= 0.3 is 0 Å². The van der Waals surface area contributed by atoms with Crippen LogP contribution in [-0.4, -0.2) is 56.2 Å². The molecular weight excluding hydrogens is 404 g/mol. The van der Waals surface area contributed by atoms with Crippen LogP contribution >= 0.6 is 0 Å². The summed E-state index contributed by atoms with van der Waals surface area (Å²) in [6, 6.07) is 5.80. The second kappa shape index (κ2) is 8.15. The minimum absolute atomic E-state index is 0.0519. The molecule has 1 saturated heterocycles. The number of hydrogen-bond acceptors (Lipinski definition) is 6. The number of carbonyl (C=O) groups excluding carboxylic acids is 1. The molecule has 0 aliphatic carbocycles. The quantitative estimate of drug-likeness (QED) is 0.638. The largest absolute Gasteiger partial charge is 0.351 e. The molecule has 0 radical (unpaired) electrons. The summed E-state index contributed by atoms with van der Waals surface area (Å²) in [4.78, 5) is 16.5. The van der Waals surface area contributed by atoms with Crippen molar-refractivity contribution in [2.45, 2.75) is 37.4 Å². The summed E-state index contributed by atoms with van der Waals surface area (Å²) in [6.07, 6.45) is 3.15. The van der Waals surface area contributed by atoms with Gasteiger partial charge in [0.1, 0.15) is 6.17 Å². The molecule has 0 saturated carbocycles. The molecule has 0 spiro atoms. The SMILES string of the molecule is CC(/C=N\C1NN=CC1C)C(=O)NCc1ccc(S(=O)(=O)N2CC(F)(F)C2)cc1.